The molecule has 0 saturated carbocycles. The van der Waals surface area contributed by atoms with Crippen LogP contribution in [0.4, 0.5) is 0 Å². The van der Waals surface area contributed by atoms with Crippen molar-refractivity contribution in [3.8, 4) is 0 Å². The van der Waals surface area contributed by atoms with Crippen LogP contribution in [0.25, 0.3) is 0 Å². The van der Waals surface area contributed by atoms with Gasteiger partial charge >= 0.3 is 0 Å². The highest BCUT2D eigenvalue weighted by Crippen LogP contribution is 2.24. The van der Waals surface area contributed by atoms with Gasteiger partial charge in [-0.25, -0.2) is 0 Å². The molecular formula is C14H28Si. The molecule has 0 fully saturated rings. The summed E-state index contributed by atoms with van der Waals surface area (Å²) in [4.78, 5) is 0. The molecule has 0 amide bonds. The van der Waals surface area contributed by atoms with Gasteiger partial charge in [0.1, 0.15) is 8.07 Å². The molecule has 88 valence electrons. The highest BCUT2D eigenvalue weighted by atomic mass is 28.3. The number of hydrogen-bond acceptors (Lipinski definition) is 0. The summed E-state index contributed by atoms with van der Waals surface area (Å²) in [5.74, 6) is 0. The minimum atomic E-state index is -1.29. The van der Waals surface area contributed by atoms with Gasteiger partial charge in [0, 0.05) is 0 Å². The first kappa shape index (κ1) is 14.7. The molecule has 0 bridgehead atoms. The standard InChI is InChI=1S/C14H28Si/c1-5-9-11-12-14-15(7-3,8-4)13-10-6-2/h7-8H,3-6,9-14H2,1-2H3. The summed E-state index contributed by atoms with van der Waals surface area (Å²) < 4.78 is 0. The largest absolute Gasteiger partial charge is 0.107 e. The fourth-order valence-electron chi connectivity index (χ4n) is 2.00. The molecule has 0 spiro atoms. The number of unbranched alkanes of at least 4 members (excludes halogenated alkanes) is 4. The maximum atomic E-state index is 4.05. The van der Waals surface area contributed by atoms with Crippen molar-refractivity contribution in [3.05, 3.63) is 24.6 Å². The molecule has 0 aromatic carbocycles. The summed E-state index contributed by atoms with van der Waals surface area (Å²) in [6.45, 7) is 12.6. The molecule has 15 heavy (non-hydrogen) atoms. The predicted molar refractivity (Wildman–Crippen MR) is 74.8 cm³/mol. The van der Waals surface area contributed by atoms with Crippen LogP contribution in [0.3, 0.4) is 0 Å². The number of hydrogen-bond donors (Lipinski definition) is 0. The van der Waals surface area contributed by atoms with E-state index >= 15 is 0 Å². The summed E-state index contributed by atoms with van der Waals surface area (Å²) in [6, 6.07) is 2.74. The van der Waals surface area contributed by atoms with Crippen LogP contribution in [0.5, 0.6) is 0 Å². The average Bonchev–Trinajstić information content (AvgIpc) is 2.29. The van der Waals surface area contributed by atoms with E-state index in [0.29, 0.717) is 0 Å². The fourth-order valence-corrected chi connectivity index (χ4v) is 5.16. The zero-order valence-electron chi connectivity index (χ0n) is 10.7. The molecule has 0 aliphatic rings. The molecule has 0 heterocycles. The van der Waals surface area contributed by atoms with Crippen molar-refractivity contribution in [2.24, 2.45) is 0 Å². The second-order valence-electron chi connectivity index (χ2n) is 4.56. The molecule has 0 aliphatic carbocycles. The first-order valence-corrected chi connectivity index (χ1v) is 9.08. The van der Waals surface area contributed by atoms with Crippen molar-refractivity contribution < 1.29 is 0 Å². The Morgan fingerprint density at radius 3 is 1.80 bits per heavy atom. The molecule has 0 aliphatic heterocycles. The second-order valence-corrected chi connectivity index (χ2v) is 8.84. The van der Waals surface area contributed by atoms with Gasteiger partial charge in [0.15, 0.2) is 0 Å². The predicted octanol–water partition coefficient (Wildman–Crippen LogP) is 5.27. The molecule has 1 heteroatoms. The van der Waals surface area contributed by atoms with Crippen LogP contribution in [0.15, 0.2) is 24.6 Å². The Kier molecular flexibility index (Phi) is 8.78. The average molecular weight is 224 g/mol. The minimum Gasteiger partial charge on any atom is -0.107 e. The van der Waals surface area contributed by atoms with E-state index in [0.717, 1.165) is 0 Å². The monoisotopic (exact) mass is 224 g/mol. The Bertz CT molecular complexity index is 164. The highest BCUT2D eigenvalue weighted by molar-refractivity contribution is 6.88. The fraction of sp³-hybridized carbons (Fsp3) is 0.714. The lowest BCUT2D eigenvalue weighted by molar-refractivity contribution is 0.695. The summed E-state index contributed by atoms with van der Waals surface area (Å²) in [7, 11) is -1.29. The molecule has 0 N–H and O–H groups in total. The lowest BCUT2D eigenvalue weighted by atomic mass is 10.2. The topological polar surface area (TPSA) is 0 Å². The Balaban J connectivity index is 3.99. The normalized spacial score (nSPS) is 11.3. The zero-order chi connectivity index (χ0) is 11.6. The van der Waals surface area contributed by atoms with Crippen LogP contribution >= 0.6 is 0 Å². The van der Waals surface area contributed by atoms with E-state index in [4.69, 9.17) is 0 Å². The van der Waals surface area contributed by atoms with Crippen LogP contribution in [-0.2, 0) is 0 Å². The van der Waals surface area contributed by atoms with Crippen molar-refractivity contribution in [1.82, 2.24) is 0 Å². The van der Waals surface area contributed by atoms with Crippen LogP contribution in [-0.4, -0.2) is 8.07 Å². The maximum absolute atomic E-state index is 4.05. The van der Waals surface area contributed by atoms with Crippen LogP contribution in [0.1, 0.15) is 52.4 Å². The van der Waals surface area contributed by atoms with E-state index in [2.05, 4.69) is 38.4 Å². The van der Waals surface area contributed by atoms with Crippen molar-refractivity contribution in [2.45, 2.75) is 64.5 Å². The third kappa shape index (κ3) is 5.98. The Morgan fingerprint density at radius 1 is 0.800 bits per heavy atom. The summed E-state index contributed by atoms with van der Waals surface area (Å²) in [6.07, 6.45) is 8.11. The Morgan fingerprint density at radius 2 is 1.33 bits per heavy atom. The Labute approximate surface area is 97.5 Å². The van der Waals surface area contributed by atoms with Gasteiger partial charge in [0.25, 0.3) is 0 Å². The van der Waals surface area contributed by atoms with Gasteiger partial charge < -0.3 is 0 Å². The maximum Gasteiger partial charge on any atom is 0.100 e. The molecule has 0 saturated heterocycles. The van der Waals surface area contributed by atoms with Crippen LogP contribution in [0, 0.1) is 0 Å². The lowest BCUT2D eigenvalue weighted by Crippen LogP contribution is -2.28. The van der Waals surface area contributed by atoms with E-state index in [9.17, 15) is 0 Å². The van der Waals surface area contributed by atoms with Crippen molar-refractivity contribution >= 4 is 8.07 Å². The van der Waals surface area contributed by atoms with Crippen LogP contribution < -0.4 is 0 Å². The first-order valence-electron chi connectivity index (χ1n) is 6.52. The second kappa shape index (κ2) is 8.96. The third-order valence-electron chi connectivity index (χ3n) is 3.30. The minimum absolute atomic E-state index is 1.29. The van der Waals surface area contributed by atoms with E-state index in [1.54, 1.807) is 0 Å². The summed E-state index contributed by atoms with van der Waals surface area (Å²) >= 11 is 0. The van der Waals surface area contributed by atoms with Gasteiger partial charge in [-0.05, 0) is 0 Å². The van der Waals surface area contributed by atoms with Gasteiger partial charge in [-0.3, -0.25) is 0 Å². The quantitative estimate of drug-likeness (QED) is 0.350. The zero-order valence-corrected chi connectivity index (χ0v) is 11.7. The molecule has 0 aromatic heterocycles. The van der Waals surface area contributed by atoms with Crippen molar-refractivity contribution in [1.29, 1.82) is 0 Å². The van der Waals surface area contributed by atoms with Gasteiger partial charge in [0.2, 0.25) is 0 Å². The Hall–Kier alpha value is -0.303. The molecule has 0 nitrogen and oxygen atoms in total. The SMILES string of the molecule is C=C[Si](C=C)(CCCC)CCCCCC. The van der Waals surface area contributed by atoms with Crippen LogP contribution in [0.2, 0.25) is 12.1 Å². The molecule has 0 aromatic rings. The lowest BCUT2D eigenvalue weighted by Gasteiger charge is -2.24. The molecule has 0 radical (unpaired) electrons. The third-order valence-corrected chi connectivity index (χ3v) is 7.50. The summed E-state index contributed by atoms with van der Waals surface area (Å²) in [5, 5.41) is 0. The van der Waals surface area contributed by atoms with E-state index in [1.807, 2.05) is 0 Å². The van der Waals surface area contributed by atoms with Gasteiger partial charge in [-0.2, -0.15) is 0 Å². The number of rotatable bonds is 10. The molecular weight excluding hydrogens is 196 g/mol. The van der Waals surface area contributed by atoms with Gasteiger partial charge in [-0.15, -0.1) is 13.2 Å². The first-order chi connectivity index (χ1) is 7.24. The molecule has 0 rings (SSSR count). The van der Waals surface area contributed by atoms with Crippen molar-refractivity contribution in [2.75, 3.05) is 0 Å². The van der Waals surface area contributed by atoms with E-state index in [1.165, 1.54) is 50.6 Å². The van der Waals surface area contributed by atoms with Gasteiger partial charge in [0.05, 0.1) is 0 Å². The molecule has 0 atom stereocenters. The van der Waals surface area contributed by atoms with E-state index in [-0.39, 0.29) is 0 Å². The summed E-state index contributed by atoms with van der Waals surface area (Å²) in [5.41, 5.74) is 4.50. The van der Waals surface area contributed by atoms with E-state index < -0.39 is 8.07 Å². The molecule has 0 unspecified atom stereocenters. The smallest absolute Gasteiger partial charge is 0.100 e. The van der Waals surface area contributed by atoms with Crippen molar-refractivity contribution in [3.63, 3.8) is 0 Å². The highest BCUT2D eigenvalue weighted by Gasteiger charge is 2.23. The van der Waals surface area contributed by atoms with Gasteiger partial charge in [-0.1, -0.05) is 75.9 Å².